The highest BCUT2D eigenvalue weighted by molar-refractivity contribution is 5.07. The van der Waals surface area contributed by atoms with Crippen LogP contribution in [-0.2, 0) is 11.3 Å². The second-order valence-electron chi connectivity index (χ2n) is 5.49. The fraction of sp³-hybridized carbons (Fsp3) is 0.714. The van der Waals surface area contributed by atoms with Crippen molar-refractivity contribution in [1.82, 2.24) is 15.3 Å². The van der Waals surface area contributed by atoms with Crippen LogP contribution in [0.1, 0.15) is 50.2 Å². The summed E-state index contributed by atoms with van der Waals surface area (Å²) >= 11 is 0. The molecule has 104 valence electrons. The van der Waals surface area contributed by atoms with Gasteiger partial charge < -0.3 is 15.0 Å². The van der Waals surface area contributed by atoms with Crippen molar-refractivity contribution in [2.45, 2.75) is 51.3 Å². The van der Waals surface area contributed by atoms with E-state index in [1.807, 2.05) is 6.92 Å². The Kier molecular flexibility index (Phi) is 3.66. The summed E-state index contributed by atoms with van der Waals surface area (Å²) in [4.78, 5) is 19.2. The maximum absolute atomic E-state index is 11.7. The number of nitrogens with zero attached hydrogens (tertiary/aromatic N) is 1. The van der Waals surface area contributed by atoms with E-state index in [0.29, 0.717) is 30.9 Å². The summed E-state index contributed by atoms with van der Waals surface area (Å²) in [5, 5.41) is 3.39. The topological polar surface area (TPSA) is 67.0 Å². The van der Waals surface area contributed by atoms with Gasteiger partial charge in [-0.1, -0.05) is 0 Å². The van der Waals surface area contributed by atoms with Crippen LogP contribution in [0.15, 0.2) is 10.9 Å². The SMILES string of the molecule is CCOC(c1nc(CNC2CC2)cc(=O)[nH]1)C1CC1. The number of aromatic amines is 1. The third kappa shape index (κ3) is 3.42. The highest BCUT2D eigenvalue weighted by Crippen LogP contribution is 2.41. The lowest BCUT2D eigenvalue weighted by Gasteiger charge is -2.16. The fourth-order valence-corrected chi connectivity index (χ4v) is 2.31. The van der Waals surface area contributed by atoms with Gasteiger partial charge in [-0.15, -0.1) is 0 Å². The molecule has 0 saturated heterocycles. The van der Waals surface area contributed by atoms with Crippen LogP contribution in [0.3, 0.4) is 0 Å². The summed E-state index contributed by atoms with van der Waals surface area (Å²) in [6, 6.07) is 2.20. The molecule has 1 aromatic rings. The smallest absolute Gasteiger partial charge is 0.251 e. The zero-order chi connectivity index (χ0) is 13.2. The summed E-state index contributed by atoms with van der Waals surface area (Å²) in [5.41, 5.74) is 0.735. The first-order valence-corrected chi connectivity index (χ1v) is 7.21. The van der Waals surface area contributed by atoms with Crippen molar-refractivity contribution in [3.05, 3.63) is 27.9 Å². The zero-order valence-corrected chi connectivity index (χ0v) is 11.3. The van der Waals surface area contributed by atoms with E-state index in [9.17, 15) is 4.79 Å². The molecule has 1 aromatic heterocycles. The third-order valence-corrected chi connectivity index (χ3v) is 3.63. The molecule has 2 saturated carbocycles. The Bertz CT molecular complexity index is 492. The minimum atomic E-state index is -0.0806. The molecule has 19 heavy (non-hydrogen) atoms. The van der Waals surface area contributed by atoms with Crippen molar-refractivity contribution in [1.29, 1.82) is 0 Å². The highest BCUT2D eigenvalue weighted by atomic mass is 16.5. The Labute approximate surface area is 112 Å². The van der Waals surface area contributed by atoms with Crippen LogP contribution in [0.5, 0.6) is 0 Å². The van der Waals surface area contributed by atoms with Crippen molar-refractivity contribution < 1.29 is 4.74 Å². The van der Waals surface area contributed by atoms with E-state index in [1.54, 1.807) is 6.07 Å². The molecule has 1 heterocycles. The van der Waals surface area contributed by atoms with Gasteiger partial charge in [0.15, 0.2) is 0 Å². The normalized spacial score (nSPS) is 20.5. The van der Waals surface area contributed by atoms with Crippen LogP contribution >= 0.6 is 0 Å². The lowest BCUT2D eigenvalue weighted by molar-refractivity contribution is 0.0397. The molecular weight excluding hydrogens is 242 g/mol. The van der Waals surface area contributed by atoms with Gasteiger partial charge in [0.2, 0.25) is 0 Å². The van der Waals surface area contributed by atoms with E-state index in [0.717, 1.165) is 5.69 Å². The van der Waals surface area contributed by atoms with Crippen LogP contribution in [0.25, 0.3) is 0 Å². The van der Waals surface area contributed by atoms with Gasteiger partial charge in [-0.25, -0.2) is 4.98 Å². The molecule has 0 aliphatic heterocycles. The first kappa shape index (κ1) is 12.8. The van der Waals surface area contributed by atoms with Crippen molar-refractivity contribution in [3.63, 3.8) is 0 Å². The monoisotopic (exact) mass is 263 g/mol. The van der Waals surface area contributed by atoms with Crippen LogP contribution < -0.4 is 10.9 Å². The molecule has 1 unspecified atom stereocenters. The molecule has 2 fully saturated rings. The minimum Gasteiger partial charge on any atom is -0.370 e. The molecule has 2 N–H and O–H groups in total. The fourth-order valence-electron chi connectivity index (χ4n) is 2.31. The molecule has 3 rings (SSSR count). The number of rotatable bonds is 7. The largest absolute Gasteiger partial charge is 0.370 e. The third-order valence-electron chi connectivity index (χ3n) is 3.63. The first-order chi connectivity index (χ1) is 9.26. The van der Waals surface area contributed by atoms with Gasteiger partial charge in [-0.05, 0) is 38.5 Å². The molecule has 0 spiro atoms. The van der Waals surface area contributed by atoms with E-state index >= 15 is 0 Å². The Hall–Kier alpha value is -1.20. The average Bonchev–Trinajstić information content (AvgIpc) is 3.27. The molecule has 5 heteroatoms. The predicted octanol–water partition coefficient (Wildman–Crippen LogP) is 1.51. The number of hydrogen-bond acceptors (Lipinski definition) is 4. The van der Waals surface area contributed by atoms with Crippen molar-refractivity contribution in [2.24, 2.45) is 5.92 Å². The molecule has 0 bridgehead atoms. The summed E-state index contributed by atoms with van der Waals surface area (Å²) in [7, 11) is 0. The summed E-state index contributed by atoms with van der Waals surface area (Å²) < 4.78 is 5.75. The Morgan fingerprint density at radius 3 is 2.89 bits per heavy atom. The van der Waals surface area contributed by atoms with Gasteiger partial charge in [0.25, 0.3) is 5.56 Å². The van der Waals surface area contributed by atoms with Gasteiger partial charge in [-0.3, -0.25) is 4.79 Å². The number of H-pyrrole nitrogens is 1. The van der Waals surface area contributed by atoms with Crippen molar-refractivity contribution in [2.75, 3.05) is 6.61 Å². The minimum absolute atomic E-state index is 0.0430. The molecule has 2 aliphatic rings. The highest BCUT2D eigenvalue weighted by Gasteiger charge is 2.34. The second-order valence-corrected chi connectivity index (χ2v) is 5.49. The lowest BCUT2D eigenvalue weighted by atomic mass is 10.2. The Morgan fingerprint density at radius 2 is 2.26 bits per heavy atom. The summed E-state index contributed by atoms with van der Waals surface area (Å²) in [5.74, 6) is 1.22. The van der Waals surface area contributed by atoms with Gasteiger partial charge in [0.1, 0.15) is 11.9 Å². The van der Waals surface area contributed by atoms with Gasteiger partial charge in [0.05, 0.1) is 5.69 Å². The number of ether oxygens (including phenoxy) is 1. The molecule has 0 radical (unpaired) electrons. The van der Waals surface area contributed by atoms with E-state index < -0.39 is 0 Å². The predicted molar refractivity (Wildman–Crippen MR) is 71.8 cm³/mol. The van der Waals surface area contributed by atoms with Crippen molar-refractivity contribution in [3.8, 4) is 0 Å². The van der Waals surface area contributed by atoms with E-state index in [4.69, 9.17) is 4.74 Å². The van der Waals surface area contributed by atoms with E-state index in [-0.39, 0.29) is 11.7 Å². The Balaban J connectivity index is 1.76. The van der Waals surface area contributed by atoms with Crippen molar-refractivity contribution >= 4 is 0 Å². The second kappa shape index (κ2) is 5.43. The number of aromatic nitrogens is 2. The maximum atomic E-state index is 11.7. The van der Waals surface area contributed by atoms with Gasteiger partial charge >= 0.3 is 0 Å². The van der Waals surface area contributed by atoms with Crippen LogP contribution in [0.4, 0.5) is 0 Å². The number of hydrogen-bond donors (Lipinski definition) is 2. The molecule has 0 amide bonds. The average molecular weight is 263 g/mol. The molecule has 5 nitrogen and oxygen atoms in total. The van der Waals surface area contributed by atoms with E-state index in [2.05, 4.69) is 15.3 Å². The summed E-state index contributed by atoms with van der Waals surface area (Å²) in [6.07, 6.45) is 4.76. The maximum Gasteiger partial charge on any atom is 0.251 e. The quantitative estimate of drug-likeness (QED) is 0.782. The molecule has 1 atom stereocenters. The van der Waals surface area contributed by atoms with Crippen LogP contribution in [-0.4, -0.2) is 22.6 Å². The van der Waals surface area contributed by atoms with Crippen LogP contribution in [0, 0.1) is 5.92 Å². The van der Waals surface area contributed by atoms with E-state index in [1.165, 1.54) is 25.7 Å². The Morgan fingerprint density at radius 1 is 1.47 bits per heavy atom. The van der Waals surface area contributed by atoms with Crippen LogP contribution in [0.2, 0.25) is 0 Å². The lowest BCUT2D eigenvalue weighted by Crippen LogP contribution is -2.22. The molecule has 2 aliphatic carbocycles. The molecular formula is C14H21N3O2. The van der Waals surface area contributed by atoms with Gasteiger partial charge in [0, 0.05) is 25.3 Å². The zero-order valence-electron chi connectivity index (χ0n) is 11.3. The molecule has 0 aromatic carbocycles. The standard InChI is InChI=1S/C14H21N3O2/c1-2-19-13(9-3-4-9)14-16-11(7-12(18)17-14)8-15-10-5-6-10/h7,9-10,13,15H,2-6,8H2,1H3,(H,16,17,18). The first-order valence-electron chi connectivity index (χ1n) is 7.21. The number of nitrogens with one attached hydrogen (secondary N) is 2. The summed E-state index contributed by atoms with van der Waals surface area (Å²) in [6.45, 7) is 3.30. The van der Waals surface area contributed by atoms with Gasteiger partial charge in [-0.2, -0.15) is 0 Å².